The Balaban J connectivity index is 1.96. The number of nitrogens with one attached hydrogen (secondary N) is 1. The van der Waals surface area contributed by atoms with Crippen molar-refractivity contribution in [3.63, 3.8) is 0 Å². The second-order valence-electron chi connectivity index (χ2n) is 5.31. The van der Waals surface area contributed by atoms with E-state index in [1.807, 2.05) is 6.92 Å². The molecule has 0 saturated heterocycles. The van der Waals surface area contributed by atoms with Crippen LogP contribution in [0.2, 0.25) is 5.02 Å². The maximum atomic E-state index is 11.9. The van der Waals surface area contributed by atoms with Gasteiger partial charge in [0.2, 0.25) is 0 Å². The number of aromatic hydroxyl groups is 1. The van der Waals surface area contributed by atoms with Crippen LogP contribution in [-0.2, 0) is 4.79 Å². The highest BCUT2D eigenvalue weighted by Crippen LogP contribution is 2.23. The number of methoxy groups -OCH3 is 1. The number of halogens is 1. The average Bonchev–Trinajstić information content (AvgIpc) is 2.61. The molecule has 0 heterocycles. The lowest BCUT2D eigenvalue weighted by Gasteiger charge is -2.08. The Morgan fingerprint density at radius 2 is 1.96 bits per heavy atom. The molecule has 132 valence electrons. The lowest BCUT2D eigenvalue weighted by Crippen LogP contribution is -2.25. The number of aryl methyl sites for hydroxylation is 1. The first kappa shape index (κ1) is 18.6. The van der Waals surface area contributed by atoms with Crippen LogP contribution in [0.3, 0.4) is 0 Å². The fraction of sp³-hybridized carbons (Fsp3) is 0.222. The summed E-state index contributed by atoms with van der Waals surface area (Å²) < 4.78 is 10.5. The zero-order valence-electron chi connectivity index (χ0n) is 14.2. The molecule has 0 unspecified atom stereocenters. The molecule has 0 spiro atoms. The molecule has 2 rings (SSSR count). The van der Waals surface area contributed by atoms with Crippen molar-refractivity contribution in [1.82, 2.24) is 5.43 Å². The molecule has 2 aromatic carbocycles. The molecule has 0 aromatic heterocycles. The molecule has 0 atom stereocenters. The van der Waals surface area contributed by atoms with E-state index in [0.29, 0.717) is 27.8 Å². The maximum Gasteiger partial charge on any atom is 0.277 e. The van der Waals surface area contributed by atoms with Gasteiger partial charge in [0.05, 0.1) is 12.8 Å². The van der Waals surface area contributed by atoms with Gasteiger partial charge < -0.3 is 14.6 Å². The number of amides is 1. The molecule has 0 aliphatic heterocycles. The van der Waals surface area contributed by atoms with Gasteiger partial charge in [-0.05, 0) is 55.8 Å². The van der Waals surface area contributed by atoms with Crippen LogP contribution in [0.1, 0.15) is 18.1 Å². The largest absolute Gasteiger partial charge is 0.507 e. The van der Waals surface area contributed by atoms with Gasteiger partial charge >= 0.3 is 0 Å². The smallest absolute Gasteiger partial charge is 0.277 e. The highest BCUT2D eigenvalue weighted by atomic mass is 35.5. The van der Waals surface area contributed by atoms with E-state index in [1.165, 1.54) is 13.2 Å². The molecule has 0 fully saturated rings. The summed E-state index contributed by atoms with van der Waals surface area (Å²) in [5, 5.41) is 14.5. The zero-order valence-corrected chi connectivity index (χ0v) is 14.9. The Labute approximate surface area is 151 Å². The van der Waals surface area contributed by atoms with Crippen molar-refractivity contribution in [1.29, 1.82) is 0 Å². The van der Waals surface area contributed by atoms with Crippen LogP contribution in [0.15, 0.2) is 41.5 Å². The molecular weight excluding hydrogens is 344 g/mol. The molecule has 0 radical (unpaired) electrons. The third-order valence-corrected chi connectivity index (χ3v) is 3.87. The lowest BCUT2D eigenvalue weighted by atomic mass is 10.1. The summed E-state index contributed by atoms with van der Waals surface area (Å²) in [6, 6.07) is 9.91. The minimum Gasteiger partial charge on any atom is -0.507 e. The highest BCUT2D eigenvalue weighted by Gasteiger charge is 2.08. The third-order valence-electron chi connectivity index (χ3n) is 3.44. The lowest BCUT2D eigenvalue weighted by molar-refractivity contribution is -0.123. The van der Waals surface area contributed by atoms with Gasteiger partial charge in [0.25, 0.3) is 5.91 Å². The van der Waals surface area contributed by atoms with Gasteiger partial charge in [0.15, 0.2) is 6.61 Å². The van der Waals surface area contributed by atoms with Crippen molar-refractivity contribution in [3.8, 4) is 17.2 Å². The van der Waals surface area contributed by atoms with Crippen LogP contribution < -0.4 is 14.9 Å². The van der Waals surface area contributed by atoms with Crippen LogP contribution in [0.25, 0.3) is 0 Å². The molecule has 2 aromatic rings. The van der Waals surface area contributed by atoms with Gasteiger partial charge in [0, 0.05) is 10.6 Å². The number of carbonyl (C=O) groups is 1. The number of hydrogen-bond acceptors (Lipinski definition) is 5. The molecule has 0 aliphatic carbocycles. The van der Waals surface area contributed by atoms with Crippen molar-refractivity contribution in [2.45, 2.75) is 13.8 Å². The number of rotatable bonds is 6. The molecule has 25 heavy (non-hydrogen) atoms. The topological polar surface area (TPSA) is 80.2 Å². The van der Waals surface area contributed by atoms with E-state index in [4.69, 9.17) is 21.1 Å². The quantitative estimate of drug-likeness (QED) is 0.610. The van der Waals surface area contributed by atoms with E-state index in [9.17, 15) is 9.90 Å². The maximum absolute atomic E-state index is 11.9. The van der Waals surface area contributed by atoms with Gasteiger partial charge in [-0.25, -0.2) is 5.43 Å². The van der Waals surface area contributed by atoms with Crippen molar-refractivity contribution in [3.05, 3.63) is 52.5 Å². The number of hydrazone groups is 1. The second kappa shape index (κ2) is 8.39. The normalized spacial score (nSPS) is 11.1. The molecule has 2 N–H and O–H groups in total. The fourth-order valence-corrected chi connectivity index (χ4v) is 2.14. The van der Waals surface area contributed by atoms with Crippen molar-refractivity contribution >= 4 is 23.2 Å². The number of ether oxygens (including phenoxy) is 2. The average molecular weight is 363 g/mol. The van der Waals surface area contributed by atoms with Crippen LogP contribution >= 0.6 is 11.6 Å². The summed E-state index contributed by atoms with van der Waals surface area (Å²) >= 11 is 5.94. The number of phenolic OH excluding ortho intramolecular Hbond substituents is 1. The molecule has 0 saturated carbocycles. The summed E-state index contributed by atoms with van der Waals surface area (Å²) in [6.45, 7) is 3.32. The first-order valence-corrected chi connectivity index (χ1v) is 7.88. The summed E-state index contributed by atoms with van der Waals surface area (Å²) in [6.07, 6.45) is 0. The van der Waals surface area contributed by atoms with E-state index in [1.54, 1.807) is 37.3 Å². The Hall–Kier alpha value is -2.73. The number of nitrogens with zero attached hydrogens (tertiary/aromatic N) is 1. The van der Waals surface area contributed by atoms with Gasteiger partial charge in [-0.3, -0.25) is 4.79 Å². The van der Waals surface area contributed by atoms with Crippen LogP contribution in [-0.4, -0.2) is 30.4 Å². The van der Waals surface area contributed by atoms with Crippen LogP contribution in [0.4, 0.5) is 0 Å². The molecular formula is C18H19ClN2O4. The first-order chi connectivity index (χ1) is 11.9. The number of carbonyl (C=O) groups excluding carboxylic acids is 1. The van der Waals surface area contributed by atoms with Crippen molar-refractivity contribution in [2.24, 2.45) is 5.10 Å². The SMILES string of the molecule is COc1ccc(O)c(/C(C)=N/NC(=O)COc2ccc(Cl)c(C)c2)c1. The van der Waals surface area contributed by atoms with Crippen molar-refractivity contribution in [2.75, 3.05) is 13.7 Å². The van der Waals surface area contributed by atoms with Gasteiger partial charge in [-0.1, -0.05) is 11.6 Å². The van der Waals surface area contributed by atoms with Crippen molar-refractivity contribution < 1.29 is 19.4 Å². The highest BCUT2D eigenvalue weighted by molar-refractivity contribution is 6.31. The summed E-state index contributed by atoms with van der Waals surface area (Å²) in [5.74, 6) is 0.747. The van der Waals surface area contributed by atoms with E-state index in [0.717, 1.165) is 5.56 Å². The van der Waals surface area contributed by atoms with E-state index < -0.39 is 5.91 Å². The van der Waals surface area contributed by atoms with Crippen LogP contribution in [0.5, 0.6) is 17.2 Å². The second-order valence-corrected chi connectivity index (χ2v) is 5.72. The zero-order chi connectivity index (χ0) is 18.4. The van der Waals surface area contributed by atoms with Gasteiger partial charge in [-0.2, -0.15) is 5.10 Å². The number of phenols is 1. The number of hydrogen-bond donors (Lipinski definition) is 2. The predicted octanol–water partition coefficient (Wildman–Crippen LogP) is 3.28. The molecule has 0 bridgehead atoms. The molecule has 7 heteroatoms. The minimum atomic E-state index is -0.422. The summed E-state index contributed by atoms with van der Waals surface area (Å²) in [4.78, 5) is 11.9. The van der Waals surface area contributed by atoms with Gasteiger partial charge in [-0.15, -0.1) is 0 Å². The first-order valence-electron chi connectivity index (χ1n) is 7.50. The summed E-state index contributed by atoms with van der Waals surface area (Å²) in [5.41, 5.74) is 4.15. The Morgan fingerprint density at radius 3 is 2.64 bits per heavy atom. The van der Waals surface area contributed by atoms with E-state index in [2.05, 4.69) is 10.5 Å². The Kier molecular flexibility index (Phi) is 6.25. The van der Waals surface area contributed by atoms with Crippen LogP contribution in [0, 0.1) is 6.92 Å². The monoisotopic (exact) mass is 362 g/mol. The molecule has 0 aliphatic rings. The fourth-order valence-electron chi connectivity index (χ4n) is 2.03. The Bertz CT molecular complexity index is 806. The standard InChI is InChI=1S/C18H19ClN2O4/c1-11-8-14(4-6-16(11)19)25-10-18(23)21-20-12(2)15-9-13(24-3)5-7-17(15)22/h4-9,22H,10H2,1-3H3,(H,21,23)/b20-12+. The van der Waals surface area contributed by atoms with E-state index in [-0.39, 0.29) is 12.4 Å². The van der Waals surface area contributed by atoms with E-state index >= 15 is 0 Å². The predicted molar refractivity (Wildman–Crippen MR) is 96.7 cm³/mol. The summed E-state index contributed by atoms with van der Waals surface area (Å²) in [7, 11) is 1.53. The molecule has 6 nitrogen and oxygen atoms in total. The van der Waals surface area contributed by atoms with Gasteiger partial charge in [0.1, 0.15) is 17.2 Å². The molecule has 1 amide bonds. The third kappa shape index (κ3) is 5.12. The Morgan fingerprint density at radius 1 is 1.24 bits per heavy atom. The number of benzene rings is 2. The minimum absolute atomic E-state index is 0.0455.